The molecule has 1 N–H and O–H groups in total. The van der Waals surface area contributed by atoms with E-state index in [1.165, 1.54) is 0 Å². The van der Waals surface area contributed by atoms with E-state index in [1.807, 2.05) is 19.1 Å². The number of nitrogens with zero attached hydrogens (tertiary/aromatic N) is 3. The standard InChI is InChI=1S/C15H19IN4/c1-4-8-18-14-12(16)11(5-2)19-15(20-14)13-10(3)7-6-9-17-13/h6-7,9H,4-5,8H2,1-3H3,(H,18,19,20). The second-order valence-electron chi connectivity index (χ2n) is 4.61. The van der Waals surface area contributed by atoms with Crippen LogP contribution < -0.4 is 5.32 Å². The van der Waals surface area contributed by atoms with Gasteiger partial charge in [0.25, 0.3) is 0 Å². The van der Waals surface area contributed by atoms with Gasteiger partial charge in [-0.3, -0.25) is 4.98 Å². The summed E-state index contributed by atoms with van der Waals surface area (Å²) in [5.74, 6) is 1.62. The number of pyridine rings is 1. The lowest BCUT2D eigenvalue weighted by Crippen LogP contribution is -2.09. The van der Waals surface area contributed by atoms with Crippen LogP contribution in [0.5, 0.6) is 0 Å². The molecule has 2 aromatic heterocycles. The van der Waals surface area contributed by atoms with Crippen LogP contribution in [0.25, 0.3) is 11.5 Å². The van der Waals surface area contributed by atoms with E-state index in [4.69, 9.17) is 0 Å². The van der Waals surface area contributed by atoms with Crippen LogP contribution >= 0.6 is 22.6 Å². The highest BCUT2D eigenvalue weighted by molar-refractivity contribution is 14.1. The fourth-order valence-corrected chi connectivity index (χ4v) is 2.73. The maximum atomic E-state index is 4.67. The Morgan fingerprint density at radius 1 is 1.25 bits per heavy atom. The summed E-state index contributed by atoms with van der Waals surface area (Å²) < 4.78 is 1.11. The van der Waals surface area contributed by atoms with Crippen molar-refractivity contribution in [1.82, 2.24) is 15.0 Å². The van der Waals surface area contributed by atoms with Crippen LogP contribution in [0.2, 0.25) is 0 Å². The lowest BCUT2D eigenvalue weighted by molar-refractivity contribution is 0.939. The summed E-state index contributed by atoms with van der Waals surface area (Å²) in [6.45, 7) is 7.21. The first-order valence-electron chi connectivity index (χ1n) is 6.89. The number of hydrogen-bond donors (Lipinski definition) is 1. The molecular weight excluding hydrogens is 363 g/mol. The van der Waals surface area contributed by atoms with Gasteiger partial charge in [0.2, 0.25) is 0 Å². The number of hydrogen-bond acceptors (Lipinski definition) is 4. The van der Waals surface area contributed by atoms with Crippen LogP contribution in [0, 0.1) is 10.5 Å². The lowest BCUT2D eigenvalue weighted by Gasteiger charge is -2.12. The highest BCUT2D eigenvalue weighted by Gasteiger charge is 2.14. The molecule has 0 unspecified atom stereocenters. The maximum Gasteiger partial charge on any atom is 0.180 e. The predicted molar refractivity (Wildman–Crippen MR) is 90.9 cm³/mol. The van der Waals surface area contributed by atoms with Crippen LogP contribution in [-0.2, 0) is 6.42 Å². The number of anilines is 1. The molecule has 0 atom stereocenters. The van der Waals surface area contributed by atoms with Gasteiger partial charge >= 0.3 is 0 Å². The fraction of sp³-hybridized carbons (Fsp3) is 0.400. The van der Waals surface area contributed by atoms with Gasteiger partial charge in [-0.2, -0.15) is 0 Å². The zero-order chi connectivity index (χ0) is 14.5. The van der Waals surface area contributed by atoms with Gasteiger partial charge in [-0.1, -0.05) is 19.9 Å². The van der Waals surface area contributed by atoms with Crippen LogP contribution in [0.3, 0.4) is 0 Å². The lowest BCUT2D eigenvalue weighted by atomic mass is 10.2. The molecule has 0 aliphatic rings. The molecule has 0 spiro atoms. The van der Waals surface area contributed by atoms with Gasteiger partial charge in [0.15, 0.2) is 5.82 Å². The third-order valence-corrected chi connectivity index (χ3v) is 4.15. The van der Waals surface area contributed by atoms with Crippen molar-refractivity contribution in [3.8, 4) is 11.5 Å². The first kappa shape index (κ1) is 15.2. The molecule has 2 heterocycles. The van der Waals surface area contributed by atoms with Gasteiger partial charge in [0, 0.05) is 12.7 Å². The first-order valence-corrected chi connectivity index (χ1v) is 7.97. The molecule has 0 saturated heterocycles. The van der Waals surface area contributed by atoms with Crippen molar-refractivity contribution >= 4 is 28.4 Å². The number of nitrogens with one attached hydrogen (secondary N) is 1. The summed E-state index contributed by atoms with van der Waals surface area (Å²) in [5, 5.41) is 3.38. The fourth-order valence-electron chi connectivity index (χ4n) is 1.91. The average molecular weight is 382 g/mol. The third-order valence-electron chi connectivity index (χ3n) is 3.02. The molecule has 2 rings (SSSR count). The SMILES string of the molecule is CCCNc1nc(-c2ncccc2C)nc(CC)c1I. The van der Waals surface area contributed by atoms with Gasteiger partial charge in [0.1, 0.15) is 11.5 Å². The van der Waals surface area contributed by atoms with E-state index >= 15 is 0 Å². The largest absolute Gasteiger partial charge is 0.369 e. The Balaban J connectivity index is 2.51. The zero-order valence-corrected chi connectivity index (χ0v) is 14.2. The Labute approximate surface area is 133 Å². The summed E-state index contributed by atoms with van der Waals surface area (Å²) >= 11 is 2.32. The predicted octanol–water partition coefficient (Wildman–Crippen LogP) is 3.84. The summed E-state index contributed by atoms with van der Waals surface area (Å²) in [5.41, 5.74) is 3.02. The molecule has 0 amide bonds. The number of halogens is 1. The Morgan fingerprint density at radius 3 is 2.70 bits per heavy atom. The smallest absolute Gasteiger partial charge is 0.180 e. The van der Waals surface area contributed by atoms with E-state index < -0.39 is 0 Å². The molecule has 0 aliphatic carbocycles. The molecule has 0 aliphatic heterocycles. The summed E-state index contributed by atoms with van der Waals surface area (Å²) in [7, 11) is 0. The second-order valence-corrected chi connectivity index (χ2v) is 5.68. The average Bonchev–Trinajstić information content (AvgIpc) is 2.47. The first-order chi connectivity index (χ1) is 9.67. The van der Waals surface area contributed by atoms with E-state index in [1.54, 1.807) is 6.20 Å². The minimum atomic E-state index is 0.707. The Kier molecular flexibility index (Phi) is 5.28. The van der Waals surface area contributed by atoms with Crippen molar-refractivity contribution in [3.05, 3.63) is 33.2 Å². The molecule has 5 heteroatoms. The Hall–Kier alpha value is -1.24. The van der Waals surface area contributed by atoms with Crippen molar-refractivity contribution in [2.24, 2.45) is 0 Å². The van der Waals surface area contributed by atoms with E-state index in [9.17, 15) is 0 Å². The van der Waals surface area contributed by atoms with Gasteiger partial charge in [-0.15, -0.1) is 0 Å². The van der Waals surface area contributed by atoms with Crippen LogP contribution in [0.4, 0.5) is 5.82 Å². The second kappa shape index (κ2) is 6.97. The number of aryl methyl sites for hydroxylation is 2. The molecule has 106 valence electrons. The molecule has 4 nitrogen and oxygen atoms in total. The van der Waals surface area contributed by atoms with Crippen molar-refractivity contribution in [3.63, 3.8) is 0 Å². The minimum absolute atomic E-state index is 0.707. The normalized spacial score (nSPS) is 10.6. The summed E-state index contributed by atoms with van der Waals surface area (Å²) in [6, 6.07) is 3.97. The van der Waals surface area contributed by atoms with E-state index in [-0.39, 0.29) is 0 Å². The van der Waals surface area contributed by atoms with Gasteiger partial charge < -0.3 is 5.32 Å². The highest BCUT2D eigenvalue weighted by Crippen LogP contribution is 2.25. The quantitative estimate of drug-likeness (QED) is 0.799. The molecular formula is C15H19IN4. The molecule has 2 aromatic rings. The summed E-state index contributed by atoms with van der Waals surface area (Å²) in [4.78, 5) is 13.7. The third kappa shape index (κ3) is 3.26. The Bertz CT molecular complexity index is 598. The van der Waals surface area contributed by atoms with Gasteiger partial charge in [-0.05, 0) is 54.0 Å². The Morgan fingerprint density at radius 2 is 2.05 bits per heavy atom. The van der Waals surface area contributed by atoms with E-state index in [0.29, 0.717) is 5.82 Å². The van der Waals surface area contributed by atoms with Crippen LogP contribution in [0.15, 0.2) is 18.3 Å². The minimum Gasteiger partial charge on any atom is -0.369 e. The molecule has 0 radical (unpaired) electrons. The zero-order valence-electron chi connectivity index (χ0n) is 12.1. The van der Waals surface area contributed by atoms with Gasteiger partial charge in [0.05, 0.1) is 9.26 Å². The van der Waals surface area contributed by atoms with Crippen LogP contribution in [0.1, 0.15) is 31.5 Å². The number of aromatic nitrogens is 3. The summed E-state index contributed by atoms with van der Waals surface area (Å²) in [6.07, 6.45) is 3.74. The molecule has 0 fully saturated rings. The van der Waals surface area contributed by atoms with Crippen molar-refractivity contribution in [1.29, 1.82) is 0 Å². The molecule has 0 aromatic carbocycles. The topological polar surface area (TPSA) is 50.7 Å². The van der Waals surface area contributed by atoms with Crippen LogP contribution in [-0.4, -0.2) is 21.5 Å². The maximum absolute atomic E-state index is 4.67. The van der Waals surface area contributed by atoms with E-state index in [0.717, 1.165) is 45.7 Å². The van der Waals surface area contributed by atoms with Gasteiger partial charge in [-0.25, -0.2) is 9.97 Å². The monoisotopic (exact) mass is 382 g/mol. The molecule has 20 heavy (non-hydrogen) atoms. The van der Waals surface area contributed by atoms with E-state index in [2.05, 4.69) is 56.7 Å². The van der Waals surface area contributed by atoms with Crippen molar-refractivity contribution < 1.29 is 0 Å². The highest BCUT2D eigenvalue weighted by atomic mass is 127. The molecule has 0 bridgehead atoms. The van der Waals surface area contributed by atoms with Crippen molar-refractivity contribution in [2.75, 3.05) is 11.9 Å². The molecule has 0 saturated carbocycles. The number of rotatable bonds is 5. The van der Waals surface area contributed by atoms with Crippen molar-refractivity contribution in [2.45, 2.75) is 33.6 Å².